The number of esters is 1. The maximum atomic E-state index is 12.9. The number of fused-ring (bicyclic) bond motifs is 1. The summed E-state index contributed by atoms with van der Waals surface area (Å²) in [5.74, 6) is -3.20. The summed E-state index contributed by atoms with van der Waals surface area (Å²) >= 11 is 0. The second-order valence-electron chi connectivity index (χ2n) is 8.28. The van der Waals surface area contributed by atoms with Gasteiger partial charge < -0.3 is 23.7 Å². The summed E-state index contributed by atoms with van der Waals surface area (Å²) in [7, 11) is 0. The first-order chi connectivity index (χ1) is 14.2. The van der Waals surface area contributed by atoms with Crippen LogP contribution in [0.4, 0.5) is 0 Å². The zero-order chi connectivity index (χ0) is 21.9. The van der Waals surface area contributed by atoms with Gasteiger partial charge in [0.05, 0.1) is 18.6 Å². The van der Waals surface area contributed by atoms with Crippen molar-refractivity contribution >= 4 is 11.8 Å². The van der Waals surface area contributed by atoms with E-state index in [1.54, 1.807) is 33.8 Å². The van der Waals surface area contributed by atoms with Crippen molar-refractivity contribution in [1.29, 1.82) is 0 Å². The highest BCUT2D eigenvalue weighted by Crippen LogP contribution is 2.42. The highest BCUT2D eigenvalue weighted by Gasteiger charge is 2.58. The molecule has 30 heavy (non-hydrogen) atoms. The number of carbonyl (C=O) groups excluding carboxylic acids is 2. The van der Waals surface area contributed by atoms with Crippen LogP contribution in [-0.4, -0.2) is 48.2 Å². The molecule has 2 aliphatic rings. The lowest BCUT2D eigenvalue weighted by atomic mass is 9.89. The summed E-state index contributed by atoms with van der Waals surface area (Å²) in [5.41, 5.74) is 0.985. The molecule has 0 bridgehead atoms. The van der Waals surface area contributed by atoms with Gasteiger partial charge in [0.1, 0.15) is 18.3 Å². The SMILES string of the molecule is C=CC[C@@H](C(=O)C(=O)OC(C)C)[C@H]1O[C@H](OCc2ccccc2)[C@H]2OC(C)(C)O[C@H]21. The Labute approximate surface area is 177 Å². The van der Waals surface area contributed by atoms with E-state index in [1.807, 2.05) is 30.3 Å². The molecule has 0 radical (unpaired) electrons. The van der Waals surface area contributed by atoms with Gasteiger partial charge in [0.2, 0.25) is 5.78 Å². The normalized spacial score (nSPS) is 28.2. The second kappa shape index (κ2) is 9.39. The molecule has 7 heteroatoms. The molecule has 1 aromatic rings. The molecule has 2 heterocycles. The quantitative estimate of drug-likeness (QED) is 0.346. The van der Waals surface area contributed by atoms with Crippen LogP contribution in [0.15, 0.2) is 43.0 Å². The molecule has 0 N–H and O–H groups in total. The first kappa shape index (κ1) is 22.6. The predicted molar refractivity (Wildman–Crippen MR) is 108 cm³/mol. The summed E-state index contributed by atoms with van der Waals surface area (Å²) in [6.45, 7) is 11.0. The zero-order valence-electron chi connectivity index (χ0n) is 17.9. The highest BCUT2D eigenvalue weighted by molar-refractivity contribution is 6.34. The zero-order valence-corrected chi connectivity index (χ0v) is 17.9. The third-order valence-electron chi connectivity index (χ3n) is 5.00. The highest BCUT2D eigenvalue weighted by atomic mass is 16.8. The Morgan fingerprint density at radius 1 is 1.17 bits per heavy atom. The smallest absolute Gasteiger partial charge is 0.375 e. The van der Waals surface area contributed by atoms with E-state index in [0.29, 0.717) is 6.61 Å². The molecule has 0 unspecified atom stereocenters. The number of allylic oxidation sites excluding steroid dienone is 1. The third-order valence-corrected chi connectivity index (χ3v) is 5.00. The topological polar surface area (TPSA) is 80.3 Å². The maximum absolute atomic E-state index is 12.9. The predicted octanol–water partition coefficient (Wildman–Crippen LogP) is 3.16. The van der Waals surface area contributed by atoms with Crippen molar-refractivity contribution in [3.63, 3.8) is 0 Å². The molecule has 1 aromatic carbocycles. The van der Waals surface area contributed by atoms with Crippen molar-refractivity contribution in [3.8, 4) is 0 Å². The Morgan fingerprint density at radius 2 is 1.83 bits per heavy atom. The van der Waals surface area contributed by atoms with Crippen LogP contribution in [0, 0.1) is 5.92 Å². The number of hydrogen-bond donors (Lipinski definition) is 0. The Hall–Kier alpha value is -2.06. The molecule has 0 saturated carbocycles. The van der Waals surface area contributed by atoms with Crippen LogP contribution in [-0.2, 0) is 39.9 Å². The number of ether oxygens (including phenoxy) is 5. The number of hydrogen-bond acceptors (Lipinski definition) is 7. The lowest BCUT2D eigenvalue weighted by molar-refractivity contribution is -0.241. The fraction of sp³-hybridized carbons (Fsp3) is 0.565. The Bertz CT molecular complexity index is 758. The lowest BCUT2D eigenvalue weighted by Crippen LogP contribution is -2.42. The molecule has 0 amide bonds. The van der Waals surface area contributed by atoms with Crippen LogP contribution in [0.3, 0.4) is 0 Å². The van der Waals surface area contributed by atoms with Gasteiger partial charge in [-0.2, -0.15) is 0 Å². The molecule has 3 rings (SSSR count). The average Bonchev–Trinajstić information content (AvgIpc) is 3.17. The first-order valence-electron chi connectivity index (χ1n) is 10.2. The summed E-state index contributed by atoms with van der Waals surface area (Å²) in [5, 5.41) is 0. The minimum Gasteiger partial charge on any atom is -0.457 e. The molecule has 2 saturated heterocycles. The third kappa shape index (κ3) is 5.16. The molecule has 2 fully saturated rings. The molecular formula is C23H30O7. The number of ketones is 1. The second-order valence-corrected chi connectivity index (χ2v) is 8.28. The van der Waals surface area contributed by atoms with Gasteiger partial charge in [0.25, 0.3) is 0 Å². The van der Waals surface area contributed by atoms with Gasteiger partial charge in [-0.3, -0.25) is 4.79 Å². The Kier molecular flexibility index (Phi) is 7.08. The molecule has 0 aliphatic carbocycles. The van der Waals surface area contributed by atoms with Crippen LogP contribution >= 0.6 is 0 Å². The number of Topliss-reactive ketones (excluding diaryl/α,β-unsaturated/α-hetero) is 1. The van der Waals surface area contributed by atoms with Crippen molar-refractivity contribution in [2.24, 2.45) is 5.92 Å². The van der Waals surface area contributed by atoms with E-state index in [4.69, 9.17) is 23.7 Å². The largest absolute Gasteiger partial charge is 0.457 e. The van der Waals surface area contributed by atoms with Crippen molar-refractivity contribution in [3.05, 3.63) is 48.6 Å². The molecule has 0 spiro atoms. The molecule has 0 aromatic heterocycles. The van der Waals surface area contributed by atoms with E-state index >= 15 is 0 Å². The molecule has 2 aliphatic heterocycles. The fourth-order valence-corrected chi connectivity index (χ4v) is 3.80. The Morgan fingerprint density at radius 3 is 2.47 bits per heavy atom. The van der Waals surface area contributed by atoms with Gasteiger partial charge in [0.15, 0.2) is 12.1 Å². The van der Waals surface area contributed by atoms with E-state index in [1.165, 1.54) is 0 Å². The van der Waals surface area contributed by atoms with Crippen molar-refractivity contribution in [2.75, 3.05) is 0 Å². The van der Waals surface area contributed by atoms with E-state index in [-0.39, 0.29) is 6.42 Å². The van der Waals surface area contributed by atoms with Crippen LogP contribution < -0.4 is 0 Å². The Balaban J connectivity index is 1.78. The lowest BCUT2D eigenvalue weighted by Gasteiger charge is -2.27. The van der Waals surface area contributed by atoms with Crippen molar-refractivity contribution < 1.29 is 33.3 Å². The fourth-order valence-electron chi connectivity index (χ4n) is 3.80. The molecular weight excluding hydrogens is 388 g/mol. The average molecular weight is 418 g/mol. The van der Waals surface area contributed by atoms with Crippen LogP contribution in [0.1, 0.15) is 39.7 Å². The van der Waals surface area contributed by atoms with Crippen molar-refractivity contribution in [2.45, 2.75) is 77.2 Å². The van der Waals surface area contributed by atoms with Gasteiger partial charge >= 0.3 is 5.97 Å². The van der Waals surface area contributed by atoms with Gasteiger partial charge in [-0.25, -0.2) is 4.79 Å². The van der Waals surface area contributed by atoms with Crippen LogP contribution in [0.25, 0.3) is 0 Å². The summed E-state index contributed by atoms with van der Waals surface area (Å²) in [4.78, 5) is 25.1. The standard InChI is InChI=1S/C23H30O7/c1-6-10-16(17(24)21(25)27-14(2)3)18-19-20(30-23(4,5)29-19)22(28-18)26-13-15-11-8-7-9-12-15/h6-9,11-12,14,16,18-20,22H,1,10,13H2,2-5H3/t16-,18+,19-,20-,22-/m0/s1. The van der Waals surface area contributed by atoms with E-state index in [0.717, 1.165) is 5.56 Å². The molecule has 164 valence electrons. The summed E-state index contributed by atoms with van der Waals surface area (Å²) in [6, 6.07) is 9.69. The van der Waals surface area contributed by atoms with Crippen molar-refractivity contribution in [1.82, 2.24) is 0 Å². The van der Waals surface area contributed by atoms with Gasteiger partial charge in [-0.05, 0) is 39.7 Å². The van der Waals surface area contributed by atoms with E-state index in [2.05, 4.69) is 6.58 Å². The monoisotopic (exact) mass is 418 g/mol. The molecule has 7 nitrogen and oxygen atoms in total. The number of rotatable bonds is 9. The molecule has 5 atom stereocenters. The minimum absolute atomic E-state index is 0.245. The van der Waals surface area contributed by atoms with Crippen LogP contribution in [0.5, 0.6) is 0 Å². The van der Waals surface area contributed by atoms with Gasteiger partial charge in [-0.15, -0.1) is 6.58 Å². The summed E-state index contributed by atoms with van der Waals surface area (Å²) < 4.78 is 29.2. The van der Waals surface area contributed by atoms with E-state index in [9.17, 15) is 9.59 Å². The van der Waals surface area contributed by atoms with Gasteiger partial charge in [0, 0.05) is 0 Å². The number of benzene rings is 1. The number of carbonyl (C=O) groups is 2. The summed E-state index contributed by atoms with van der Waals surface area (Å²) in [6.07, 6.45) is -1.09. The van der Waals surface area contributed by atoms with Gasteiger partial charge in [-0.1, -0.05) is 36.4 Å². The maximum Gasteiger partial charge on any atom is 0.375 e. The first-order valence-corrected chi connectivity index (χ1v) is 10.2. The minimum atomic E-state index is -0.885. The van der Waals surface area contributed by atoms with Crippen LogP contribution in [0.2, 0.25) is 0 Å². The van der Waals surface area contributed by atoms with E-state index < -0.39 is 54.2 Å².